The van der Waals surface area contributed by atoms with Crippen molar-refractivity contribution in [1.82, 2.24) is 9.21 Å². The summed E-state index contributed by atoms with van der Waals surface area (Å²) >= 11 is 6.22. The molecule has 2 aromatic rings. The van der Waals surface area contributed by atoms with Gasteiger partial charge in [-0.3, -0.25) is 14.5 Å². The Kier molecular flexibility index (Phi) is 7.18. The van der Waals surface area contributed by atoms with Gasteiger partial charge in [0.2, 0.25) is 10.0 Å². The lowest BCUT2D eigenvalue weighted by Gasteiger charge is -2.37. The third-order valence-electron chi connectivity index (χ3n) is 5.99. The minimum Gasteiger partial charge on any atom is -0.504 e. The first kappa shape index (κ1) is 27.2. The minimum absolute atomic E-state index is 0.0770. The quantitative estimate of drug-likeness (QED) is 0.397. The molecule has 0 aliphatic carbocycles. The van der Waals surface area contributed by atoms with Gasteiger partial charge in [0, 0.05) is 19.6 Å². The number of halogens is 1. The number of phenolic OH excluding ortho intramolecular Hbond substituents is 1. The highest BCUT2D eigenvalue weighted by Crippen LogP contribution is 2.41. The number of morpholine rings is 1. The number of phenols is 1. The van der Waals surface area contributed by atoms with Crippen LogP contribution in [-0.4, -0.2) is 79.4 Å². The summed E-state index contributed by atoms with van der Waals surface area (Å²) in [5.74, 6) is -0.933. The van der Waals surface area contributed by atoms with Crippen molar-refractivity contribution in [2.24, 2.45) is 0 Å². The van der Waals surface area contributed by atoms with Crippen LogP contribution < -0.4 is 20.9 Å². The van der Waals surface area contributed by atoms with Gasteiger partial charge >= 0.3 is 6.09 Å². The number of anilines is 2. The molecule has 2 aliphatic heterocycles. The Morgan fingerprint density at radius 2 is 1.95 bits per heavy atom. The number of rotatable bonds is 6. The third-order valence-corrected chi connectivity index (χ3v) is 8.33. The monoisotopic (exact) mass is 557 g/mol. The normalized spacial score (nSPS) is 20.6. The predicted molar refractivity (Wildman–Crippen MR) is 134 cm³/mol. The summed E-state index contributed by atoms with van der Waals surface area (Å²) in [6.07, 6.45) is -1.17. The smallest absolute Gasteiger partial charge is 0.410 e. The molecule has 0 saturated carbocycles. The van der Waals surface area contributed by atoms with Crippen LogP contribution in [0.1, 0.15) is 27.7 Å². The summed E-state index contributed by atoms with van der Waals surface area (Å²) in [4.78, 5) is 37.4. The van der Waals surface area contributed by atoms with Crippen molar-refractivity contribution in [2.75, 3.05) is 38.2 Å². The van der Waals surface area contributed by atoms with Crippen LogP contribution in [0.2, 0.25) is 5.02 Å². The van der Waals surface area contributed by atoms with Gasteiger partial charge in [-0.05, 0) is 39.8 Å². The number of ether oxygens (including phenoxy) is 3. The molecule has 0 bridgehead atoms. The van der Waals surface area contributed by atoms with Crippen molar-refractivity contribution in [3.05, 3.63) is 37.6 Å². The van der Waals surface area contributed by atoms with Crippen molar-refractivity contribution in [3.63, 3.8) is 0 Å². The van der Waals surface area contributed by atoms with Crippen LogP contribution in [0.15, 0.2) is 26.6 Å². The SMILES string of the molecule is CCOc1c(Nc2ccc(Cl)c(S(=O)(=O)N3C[C@@H]4[C@@H](C3)OCCN4C(=O)OC(C)(C)C)c2O)c(=O)c1=O. The minimum atomic E-state index is -4.38. The van der Waals surface area contributed by atoms with Gasteiger partial charge in [0.15, 0.2) is 11.5 Å². The molecule has 2 fully saturated rings. The van der Waals surface area contributed by atoms with E-state index in [1.807, 2.05) is 0 Å². The van der Waals surface area contributed by atoms with Gasteiger partial charge in [-0.2, -0.15) is 4.31 Å². The van der Waals surface area contributed by atoms with Crippen LogP contribution in [-0.2, 0) is 19.5 Å². The van der Waals surface area contributed by atoms with Crippen LogP contribution in [0.5, 0.6) is 11.5 Å². The highest BCUT2D eigenvalue weighted by Gasteiger charge is 2.48. The molecule has 0 spiro atoms. The van der Waals surface area contributed by atoms with Gasteiger partial charge in [0.25, 0.3) is 10.9 Å². The molecule has 37 heavy (non-hydrogen) atoms. The number of hydrogen-bond acceptors (Lipinski definition) is 10. The van der Waals surface area contributed by atoms with Gasteiger partial charge < -0.3 is 24.6 Å². The van der Waals surface area contributed by atoms with Gasteiger partial charge in [0.05, 0.1) is 36.1 Å². The third kappa shape index (κ3) is 5.00. The second-order valence-electron chi connectivity index (χ2n) is 9.67. The molecule has 1 amide bonds. The molecule has 2 aliphatic rings. The van der Waals surface area contributed by atoms with Crippen molar-refractivity contribution >= 4 is 39.1 Å². The Labute approximate surface area is 218 Å². The Morgan fingerprint density at radius 3 is 2.59 bits per heavy atom. The van der Waals surface area contributed by atoms with E-state index in [2.05, 4.69) is 5.32 Å². The first-order chi connectivity index (χ1) is 17.3. The second kappa shape index (κ2) is 9.78. The maximum atomic E-state index is 13.6. The van der Waals surface area contributed by atoms with E-state index < -0.39 is 55.4 Å². The lowest BCUT2D eigenvalue weighted by atomic mass is 10.1. The van der Waals surface area contributed by atoms with Gasteiger partial charge in [-0.1, -0.05) is 11.6 Å². The van der Waals surface area contributed by atoms with Crippen molar-refractivity contribution in [3.8, 4) is 11.5 Å². The summed E-state index contributed by atoms with van der Waals surface area (Å²) in [6, 6.07) is 1.92. The molecule has 0 aromatic heterocycles. The van der Waals surface area contributed by atoms with Crippen LogP contribution in [0.3, 0.4) is 0 Å². The van der Waals surface area contributed by atoms with E-state index in [9.17, 15) is 27.9 Å². The van der Waals surface area contributed by atoms with Crippen LogP contribution in [0.4, 0.5) is 16.2 Å². The molecule has 0 unspecified atom stereocenters. The molecular formula is C23H28ClN3O9S. The first-order valence-electron chi connectivity index (χ1n) is 11.6. The maximum Gasteiger partial charge on any atom is 0.410 e. The number of fused-ring (bicyclic) bond motifs is 1. The second-order valence-corrected chi connectivity index (χ2v) is 11.9. The number of nitrogens with zero attached hydrogens (tertiary/aromatic N) is 2. The fraction of sp³-hybridized carbons (Fsp3) is 0.522. The van der Waals surface area contributed by atoms with Crippen molar-refractivity contribution in [1.29, 1.82) is 0 Å². The molecule has 4 rings (SSSR count). The molecule has 2 aromatic carbocycles. The molecule has 2 heterocycles. The van der Waals surface area contributed by atoms with Crippen LogP contribution >= 0.6 is 11.6 Å². The zero-order valence-electron chi connectivity index (χ0n) is 20.7. The number of sulfonamides is 1. The summed E-state index contributed by atoms with van der Waals surface area (Å²) in [5, 5.41) is 13.2. The van der Waals surface area contributed by atoms with E-state index in [1.165, 1.54) is 17.0 Å². The van der Waals surface area contributed by atoms with E-state index in [1.54, 1.807) is 27.7 Å². The zero-order chi connectivity index (χ0) is 27.3. The Bertz CT molecular complexity index is 1400. The molecule has 2 N–H and O–H groups in total. The fourth-order valence-corrected chi connectivity index (χ4v) is 6.38. The number of carbonyl (C=O) groups is 1. The summed E-state index contributed by atoms with van der Waals surface area (Å²) in [5.41, 5.74) is -2.75. The van der Waals surface area contributed by atoms with E-state index >= 15 is 0 Å². The van der Waals surface area contributed by atoms with E-state index in [-0.39, 0.29) is 55.0 Å². The standard InChI is InChI=1S/C23H28ClN3O9S/c1-5-34-20-16(18(29)19(20)30)25-13-7-6-12(24)21(17(13)28)37(32,33)26-10-14-15(11-26)35-9-8-27(14)22(31)36-23(2,3)4/h6-7,14-15,25,28H,5,8-11H2,1-4H3/t14-,15-/m1/s1. The topological polar surface area (TPSA) is 152 Å². The van der Waals surface area contributed by atoms with Gasteiger partial charge in [-0.25, -0.2) is 13.2 Å². The molecule has 14 heteroatoms. The van der Waals surface area contributed by atoms with Gasteiger partial charge in [-0.15, -0.1) is 0 Å². The predicted octanol–water partition coefficient (Wildman–Crippen LogP) is 1.79. The summed E-state index contributed by atoms with van der Waals surface area (Å²) in [6.45, 7) is 7.24. The highest BCUT2D eigenvalue weighted by atomic mass is 35.5. The number of benzene rings is 1. The number of carbonyl (C=O) groups excluding carboxylic acids is 1. The zero-order valence-corrected chi connectivity index (χ0v) is 22.3. The average Bonchev–Trinajstić information content (AvgIpc) is 3.26. The number of amides is 1. The molecule has 12 nitrogen and oxygen atoms in total. The van der Waals surface area contributed by atoms with E-state index in [4.69, 9.17) is 25.8 Å². The summed E-state index contributed by atoms with van der Waals surface area (Å²) in [7, 11) is -4.38. The van der Waals surface area contributed by atoms with Crippen LogP contribution in [0.25, 0.3) is 0 Å². The van der Waals surface area contributed by atoms with E-state index in [0.29, 0.717) is 0 Å². The number of nitrogens with one attached hydrogen (secondary N) is 1. The molecule has 2 atom stereocenters. The molecular weight excluding hydrogens is 530 g/mol. The first-order valence-corrected chi connectivity index (χ1v) is 13.4. The molecule has 2 saturated heterocycles. The van der Waals surface area contributed by atoms with Crippen molar-refractivity contribution < 1.29 is 32.5 Å². The maximum absolute atomic E-state index is 13.6. The number of hydrogen-bond donors (Lipinski definition) is 2. The Morgan fingerprint density at radius 1 is 1.24 bits per heavy atom. The lowest BCUT2D eigenvalue weighted by Crippen LogP contribution is -2.54. The molecule has 202 valence electrons. The Hall–Kier alpha value is -2.87. The largest absolute Gasteiger partial charge is 0.504 e. The lowest BCUT2D eigenvalue weighted by molar-refractivity contribution is -0.0568. The Balaban J connectivity index is 1.62. The average molecular weight is 558 g/mol. The number of aromatic hydroxyl groups is 1. The highest BCUT2D eigenvalue weighted by molar-refractivity contribution is 7.89. The van der Waals surface area contributed by atoms with Crippen LogP contribution in [0, 0.1) is 0 Å². The summed E-state index contributed by atoms with van der Waals surface area (Å²) < 4.78 is 44.7. The molecule has 0 radical (unpaired) electrons. The fourth-order valence-electron chi connectivity index (χ4n) is 4.32. The van der Waals surface area contributed by atoms with Gasteiger partial charge in [0.1, 0.15) is 16.2 Å². The van der Waals surface area contributed by atoms with Crippen molar-refractivity contribution in [2.45, 2.75) is 50.3 Å². The van der Waals surface area contributed by atoms with E-state index in [0.717, 1.165) is 4.31 Å².